The number of hydrogen-bond donors (Lipinski definition) is 1. The Kier molecular flexibility index (Phi) is 3.63. The first kappa shape index (κ1) is 12.8. The molecule has 0 fully saturated rings. The molecule has 0 aliphatic heterocycles. The standard InChI is InChI=1S/C16H14N2O/c1-11-4-3-5-13(8-11)15(19)7-6-14-9-12(2)10-18-16(14)17/h3-5,8-10H,1-2H3,(H2,17,18). The molecule has 3 heteroatoms. The SMILES string of the molecule is Cc1cccc(C(=O)C#Cc2cc(C)cnc2N)c1. The monoisotopic (exact) mass is 250 g/mol. The molecule has 0 unspecified atom stereocenters. The third-order valence-corrected chi connectivity index (χ3v) is 2.65. The first-order chi connectivity index (χ1) is 9.06. The van der Waals surface area contributed by atoms with E-state index in [0.29, 0.717) is 16.9 Å². The van der Waals surface area contributed by atoms with Crippen molar-refractivity contribution < 1.29 is 4.79 Å². The second-order valence-corrected chi connectivity index (χ2v) is 4.39. The van der Waals surface area contributed by atoms with E-state index in [2.05, 4.69) is 16.8 Å². The quantitative estimate of drug-likeness (QED) is 0.625. The highest BCUT2D eigenvalue weighted by molar-refractivity contribution is 6.09. The first-order valence-electron chi connectivity index (χ1n) is 5.91. The van der Waals surface area contributed by atoms with Crippen LogP contribution in [-0.4, -0.2) is 10.8 Å². The van der Waals surface area contributed by atoms with Gasteiger partial charge in [-0.05, 0) is 37.5 Å². The lowest BCUT2D eigenvalue weighted by molar-refractivity contribution is 0.105. The Balaban J connectivity index is 2.29. The van der Waals surface area contributed by atoms with Crippen LogP contribution in [-0.2, 0) is 0 Å². The Morgan fingerprint density at radius 3 is 2.74 bits per heavy atom. The molecule has 0 spiro atoms. The van der Waals surface area contributed by atoms with Gasteiger partial charge in [-0.25, -0.2) is 4.98 Å². The van der Waals surface area contributed by atoms with Gasteiger partial charge in [0.05, 0.1) is 5.56 Å². The van der Waals surface area contributed by atoms with Crippen LogP contribution < -0.4 is 5.73 Å². The van der Waals surface area contributed by atoms with E-state index in [-0.39, 0.29) is 5.78 Å². The fourth-order valence-corrected chi connectivity index (χ4v) is 1.66. The zero-order chi connectivity index (χ0) is 13.8. The summed E-state index contributed by atoms with van der Waals surface area (Å²) in [5.74, 6) is 5.51. The van der Waals surface area contributed by atoms with E-state index in [4.69, 9.17) is 5.73 Å². The van der Waals surface area contributed by atoms with Gasteiger partial charge in [0.25, 0.3) is 0 Å². The predicted molar refractivity (Wildman–Crippen MR) is 75.8 cm³/mol. The number of ketones is 1. The minimum atomic E-state index is -0.218. The van der Waals surface area contributed by atoms with Crippen molar-refractivity contribution in [1.82, 2.24) is 4.98 Å². The van der Waals surface area contributed by atoms with Crippen molar-refractivity contribution >= 4 is 11.6 Å². The lowest BCUT2D eigenvalue weighted by atomic mass is 10.1. The number of Topliss-reactive ketones (excluding diaryl/α,β-unsaturated/α-hetero) is 1. The highest BCUT2D eigenvalue weighted by Crippen LogP contribution is 2.09. The zero-order valence-corrected chi connectivity index (χ0v) is 10.9. The molecule has 19 heavy (non-hydrogen) atoms. The summed E-state index contributed by atoms with van der Waals surface area (Å²) in [6.45, 7) is 3.84. The fourth-order valence-electron chi connectivity index (χ4n) is 1.66. The number of aromatic nitrogens is 1. The van der Waals surface area contributed by atoms with E-state index >= 15 is 0 Å². The van der Waals surface area contributed by atoms with Crippen LogP contribution in [0.4, 0.5) is 5.82 Å². The number of benzene rings is 1. The molecule has 1 heterocycles. The van der Waals surface area contributed by atoms with Crippen LogP contribution in [0.15, 0.2) is 36.5 Å². The number of aryl methyl sites for hydroxylation is 2. The van der Waals surface area contributed by atoms with Crippen molar-refractivity contribution in [3.8, 4) is 11.8 Å². The Morgan fingerprint density at radius 1 is 1.21 bits per heavy atom. The number of nitrogens with two attached hydrogens (primary N) is 1. The van der Waals surface area contributed by atoms with Crippen LogP contribution in [0.5, 0.6) is 0 Å². The van der Waals surface area contributed by atoms with Crippen LogP contribution >= 0.6 is 0 Å². The summed E-state index contributed by atoms with van der Waals surface area (Å²) in [7, 11) is 0. The number of carbonyl (C=O) groups is 1. The van der Waals surface area contributed by atoms with E-state index in [9.17, 15) is 4.79 Å². The molecule has 3 nitrogen and oxygen atoms in total. The molecule has 0 amide bonds. The summed E-state index contributed by atoms with van der Waals surface area (Å²) in [6, 6.07) is 9.16. The minimum absolute atomic E-state index is 0.218. The number of nitrogen functional groups attached to an aromatic ring is 1. The van der Waals surface area contributed by atoms with E-state index < -0.39 is 0 Å². The van der Waals surface area contributed by atoms with Crippen LogP contribution in [0.25, 0.3) is 0 Å². The molecule has 0 bridgehead atoms. The molecule has 0 saturated carbocycles. The van der Waals surface area contributed by atoms with Crippen LogP contribution in [0.3, 0.4) is 0 Å². The number of anilines is 1. The van der Waals surface area contributed by atoms with Crippen molar-refractivity contribution in [3.63, 3.8) is 0 Å². The maximum absolute atomic E-state index is 11.9. The molecule has 1 aromatic carbocycles. The second kappa shape index (κ2) is 5.36. The third-order valence-electron chi connectivity index (χ3n) is 2.65. The lowest BCUT2D eigenvalue weighted by Crippen LogP contribution is -1.97. The second-order valence-electron chi connectivity index (χ2n) is 4.39. The molecule has 0 saturated heterocycles. The number of nitrogens with zero attached hydrogens (tertiary/aromatic N) is 1. The maximum Gasteiger partial charge on any atom is 0.236 e. The summed E-state index contributed by atoms with van der Waals surface area (Å²) >= 11 is 0. The number of hydrogen-bond acceptors (Lipinski definition) is 3. The van der Waals surface area contributed by atoms with Gasteiger partial charge in [-0.3, -0.25) is 4.79 Å². The summed E-state index contributed by atoms with van der Waals surface area (Å²) in [4.78, 5) is 15.9. The number of rotatable bonds is 1. The summed E-state index contributed by atoms with van der Waals surface area (Å²) in [5.41, 5.74) is 8.88. The molecule has 2 rings (SSSR count). The molecular weight excluding hydrogens is 236 g/mol. The minimum Gasteiger partial charge on any atom is -0.383 e. The van der Waals surface area contributed by atoms with Gasteiger partial charge in [-0.1, -0.05) is 29.7 Å². The Morgan fingerprint density at radius 2 is 2.00 bits per heavy atom. The van der Waals surface area contributed by atoms with Crippen LogP contribution in [0, 0.1) is 25.7 Å². The van der Waals surface area contributed by atoms with Gasteiger partial charge >= 0.3 is 0 Å². The molecule has 1 aromatic heterocycles. The molecular formula is C16H14N2O. The van der Waals surface area contributed by atoms with Crippen molar-refractivity contribution in [1.29, 1.82) is 0 Å². The molecule has 0 atom stereocenters. The van der Waals surface area contributed by atoms with Crippen LogP contribution in [0.1, 0.15) is 27.0 Å². The Labute approximate surface area is 112 Å². The van der Waals surface area contributed by atoms with Crippen LogP contribution in [0.2, 0.25) is 0 Å². The first-order valence-corrected chi connectivity index (χ1v) is 5.91. The van der Waals surface area contributed by atoms with Gasteiger partial charge in [0.1, 0.15) is 5.82 Å². The molecule has 2 N–H and O–H groups in total. The van der Waals surface area contributed by atoms with E-state index in [0.717, 1.165) is 11.1 Å². The van der Waals surface area contributed by atoms with Crippen molar-refractivity contribution in [2.75, 3.05) is 5.73 Å². The maximum atomic E-state index is 11.9. The molecule has 0 aliphatic carbocycles. The number of carbonyl (C=O) groups excluding carboxylic acids is 1. The average molecular weight is 250 g/mol. The highest BCUT2D eigenvalue weighted by atomic mass is 16.1. The Hall–Kier alpha value is -2.60. The topological polar surface area (TPSA) is 56.0 Å². The van der Waals surface area contributed by atoms with Gasteiger partial charge in [-0.15, -0.1) is 0 Å². The average Bonchev–Trinajstić information content (AvgIpc) is 2.39. The highest BCUT2D eigenvalue weighted by Gasteiger charge is 2.02. The van der Waals surface area contributed by atoms with Gasteiger partial charge in [0.2, 0.25) is 5.78 Å². The van der Waals surface area contributed by atoms with E-state index in [1.165, 1.54) is 0 Å². The molecule has 94 valence electrons. The summed E-state index contributed by atoms with van der Waals surface area (Å²) in [5, 5.41) is 0. The normalized spacial score (nSPS) is 9.58. The number of pyridine rings is 1. The molecule has 2 aromatic rings. The smallest absolute Gasteiger partial charge is 0.236 e. The third kappa shape index (κ3) is 3.20. The summed E-state index contributed by atoms with van der Waals surface area (Å²) in [6.07, 6.45) is 1.67. The van der Waals surface area contributed by atoms with Gasteiger partial charge in [-0.2, -0.15) is 0 Å². The van der Waals surface area contributed by atoms with E-state index in [1.54, 1.807) is 12.3 Å². The van der Waals surface area contributed by atoms with Crippen molar-refractivity contribution in [2.24, 2.45) is 0 Å². The Bertz CT molecular complexity index is 693. The van der Waals surface area contributed by atoms with Gasteiger partial charge in [0, 0.05) is 11.8 Å². The zero-order valence-electron chi connectivity index (χ0n) is 10.9. The predicted octanol–water partition coefficient (Wildman–Crippen LogP) is 2.52. The lowest BCUT2D eigenvalue weighted by Gasteiger charge is -1.98. The van der Waals surface area contributed by atoms with Crippen molar-refractivity contribution in [2.45, 2.75) is 13.8 Å². The fraction of sp³-hybridized carbons (Fsp3) is 0.125. The van der Waals surface area contributed by atoms with Gasteiger partial charge < -0.3 is 5.73 Å². The molecule has 0 aliphatic rings. The van der Waals surface area contributed by atoms with Crippen molar-refractivity contribution in [3.05, 3.63) is 58.8 Å². The van der Waals surface area contributed by atoms with E-state index in [1.807, 2.05) is 38.1 Å². The van der Waals surface area contributed by atoms with Gasteiger partial charge in [0.15, 0.2) is 0 Å². The molecule has 0 radical (unpaired) electrons. The largest absolute Gasteiger partial charge is 0.383 e. The summed E-state index contributed by atoms with van der Waals surface area (Å²) < 4.78 is 0.